The fourth-order valence-corrected chi connectivity index (χ4v) is 6.50. The molecule has 1 atom stereocenters. The predicted octanol–water partition coefficient (Wildman–Crippen LogP) is 3.09. The Kier molecular flexibility index (Phi) is 6.87. The lowest BCUT2D eigenvalue weighted by atomic mass is 9.73. The number of hydrogen-bond donors (Lipinski definition) is 2. The summed E-state index contributed by atoms with van der Waals surface area (Å²) in [4.78, 5) is 43.8. The van der Waals surface area contributed by atoms with Gasteiger partial charge >= 0.3 is 5.97 Å². The molecule has 4 rings (SSSR count). The van der Waals surface area contributed by atoms with Crippen LogP contribution < -0.4 is 15.2 Å². The van der Waals surface area contributed by atoms with Crippen molar-refractivity contribution in [2.45, 2.75) is 44.9 Å². The lowest BCUT2D eigenvalue weighted by Gasteiger charge is -2.41. The van der Waals surface area contributed by atoms with Gasteiger partial charge in [0.2, 0.25) is 11.8 Å². The highest BCUT2D eigenvalue weighted by atomic mass is 28.3. The minimum Gasteiger partial charge on any atom is -0.481 e. The first-order valence-corrected chi connectivity index (χ1v) is 15.3. The molecule has 1 aliphatic carbocycles. The van der Waals surface area contributed by atoms with Crippen LogP contribution in [0.1, 0.15) is 30.1 Å². The highest BCUT2D eigenvalue weighted by Gasteiger charge is 2.45. The van der Waals surface area contributed by atoms with Crippen molar-refractivity contribution >= 4 is 36.7 Å². The number of anilines is 1. The number of aliphatic carboxylic acids is 1. The maximum absolute atomic E-state index is 14.8. The van der Waals surface area contributed by atoms with Crippen LogP contribution in [-0.4, -0.2) is 54.5 Å². The van der Waals surface area contributed by atoms with Gasteiger partial charge in [0, 0.05) is 41.4 Å². The number of benzene rings is 1. The number of methoxy groups -OCH3 is 1. The van der Waals surface area contributed by atoms with E-state index in [0.29, 0.717) is 23.6 Å². The summed E-state index contributed by atoms with van der Waals surface area (Å²) in [6.45, 7) is 5.67. The second-order valence-electron chi connectivity index (χ2n) is 10.3. The van der Waals surface area contributed by atoms with Gasteiger partial charge in [-0.3, -0.25) is 14.4 Å². The average molecular weight is 518 g/mol. The zero-order chi connectivity index (χ0) is 26.4. The fourth-order valence-electron chi connectivity index (χ4n) is 4.93. The van der Waals surface area contributed by atoms with Gasteiger partial charge in [-0.2, -0.15) is 0 Å². The normalized spacial score (nSPS) is 21.3. The SMILES string of the molecule is COc1ccc2c(n1)CCN(C(=O)C1CC(C(=O)O)C1)C2C(=O)Nc1cc(F)c([Si](C)(C)C)c(F)c1. The van der Waals surface area contributed by atoms with Gasteiger partial charge < -0.3 is 20.1 Å². The Morgan fingerprint density at radius 1 is 1.11 bits per heavy atom. The van der Waals surface area contributed by atoms with Crippen molar-refractivity contribution in [3.8, 4) is 5.88 Å². The van der Waals surface area contributed by atoms with Crippen LogP contribution in [0.5, 0.6) is 5.88 Å². The van der Waals surface area contributed by atoms with Crippen LogP contribution in [0.3, 0.4) is 0 Å². The number of halogens is 2. The van der Waals surface area contributed by atoms with Crippen molar-refractivity contribution in [3.05, 3.63) is 47.2 Å². The van der Waals surface area contributed by atoms with E-state index in [1.54, 1.807) is 12.1 Å². The van der Waals surface area contributed by atoms with E-state index in [0.717, 1.165) is 12.1 Å². The monoisotopic (exact) mass is 517 g/mol. The minimum absolute atomic E-state index is 0.0485. The highest BCUT2D eigenvalue weighted by Crippen LogP contribution is 2.39. The summed E-state index contributed by atoms with van der Waals surface area (Å²) in [5.41, 5.74) is 1.02. The number of rotatable bonds is 6. The molecule has 2 aliphatic rings. The molecule has 8 nitrogen and oxygen atoms in total. The summed E-state index contributed by atoms with van der Waals surface area (Å²) >= 11 is 0. The number of nitrogens with one attached hydrogen (secondary N) is 1. The van der Waals surface area contributed by atoms with Gasteiger partial charge in [-0.25, -0.2) is 13.8 Å². The van der Waals surface area contributed by atoms with Gasteiger partial charge in [-0.05, 0) is 31.0 Å². The molecule has 2 heterocycles. The second kappa shape index (κ2) is 9.60. The lowest BCUT2D eigenvalue weighted by molar-refractivity contribution is -0.154. The van der Waals surface area contributed by atoms with E-state index in [1.807, 2.05) is 19.6 Å². The third-order valence-electron chi connectivity index (χ3n) is 6.82. The number of aromatic nitrogens is 1. The Labute approximate surface area is 208 Å². The maximum Gasteiger partial charge on any atom is 0.306 e. The number of carbonyl (C=O) groups is 3. The maximum atomic E-state index is 14.8. The minimum atomic E-state index is -2.30. The standard InChI is InChI=1S/C25H29F2N3O5Si/c1-35-20-6-5-16-19(29-20)7-8-30(24(32)13-9-14(10-13)25(33)34)21(16)23(31)28-15-11-17(26)22(18(27)12-15)36(2,3)4/h5-6,11-14,21H,7-10H2,1-4H3,(H,28,31)(H,33,34). The number of pyridine rings is 1. The molecule has 1 saturated carbocycles. The highest BCUT2D eigenvalue weighted by molar-refractivity contribution is 6.88. The van der Waals surface area contributed by atoms with Crippen LogP contribution in [0.4, 0.5) is 14.5 Å². The van der Waals surface area contributed by atoms with Crippen molar-refractivity contribution in [1.82, 2.24) is 9.88 Å². The number of fused-ring (bicyclic) bond motifs is 1. The second-order valence-corrected chi connectivity index (χ2v) is 15.3. The number of amides is 2. The van der Waals surface area contributed by atoms with E-state index in [9.17, 15) is 28.3 Å². The van der Waals surface area contributed by atoms with Gasteiger partial charge in [0.25, 0.3) is 5.91 Å². The van der Waals surface area contributed by atoms with Crippen molar-refractivity contribution in [3.63, 3.8) is 0 Å². The quantitative estimate of drug-likeness (QED) is 0.570. The van der Waals surface area contributed by atoms with Crippen LogP contribution in [0, 0.1) is 23.5 Å². The van der Waals surface area contributed by atoms with E-state index in [4.69, 9.17) is 4.74 Å². The van der Waals surface area contributed by atoms with Crippen molar-refractivity contribution in [2.24, 2.45) is 11.8 Å². The summed E-state index contributed by atoms with van der Waals surface area (Å²) in [5.74, 6) is -4.05. The Hall–Kier alpha value is -3.34. The van der Waals surface area contributed by atoms with Crippen molar-refractivity contribution in [1.29, 1.82) is 0 Å². The topological polar surface area (TPSA) is 109 Å². The van der Waals surface area contributed by atoms with Gasteiger partial charge in [-0.15, -0.1) is 0 Å². The lowest BCUT2D eigenvalue weighted by Crippen LogP contribution is -2.50. The molecular formula is C25H29F2N3O5Si. The van der Waals surface area contributed by atoms with Crippen molar-refractivity contribution in [2.75, 3.05) is 19.0 Å². The van der Waals surface area contributed by atoms with Crippen LogP contribution in [0.15, 0.2) is 24.3 Å². The number of carboxylic acids is 1. The van der Waals surface area contributed by atoms with Crippen molar-refractivity contribution < 1.29 is 33.0 Å². The number of carboxylic acid groups (broad SMARTS) is 1. The molecule has 0 spiro atoms. The van der Waals surface area contributed by atoms with E-state index in [-0.39, 0.29) is 36.2 Å². The molecule has 2 amide bonds. The fraction of sp³-hybridized carbons (Fsp3) is 0.440. The van der Waals surface area contributed by atoms with E-state index < -0.39 is 49.5 Å². The zero-order valence-corrected chi connectivity index (χ0v) is 21.6. The number of ether oxygens (including phenoxy) is 1. The summed E-state index contributed by atoms with van der Waals surface area (Å²) in [7, 11) is -0.829. The number of hydrogen-bond acceptors (Lipinski definition) is 5. The van der Waals surface area contributed by atoms with Crippen LogP contribution in [0.2, 0.25) is 19.6 Å². The molecule has 2 aromatic rings. The van der Waals surface area contributed by atoms with Gasteiger partial charge in [0.1, 0.15) is 17.7 Å². The summed E-state index contributed by atoms with van der Waals surface area (Å²) in [6.07, 6.45) is 0.800. The van der Waals surface area contributed by atoms with E-state index in [1.165, 1.54) is 12.0 Å². The molecule has 192 valence electrons. The molecule has 1 aliphatic heterocycles. The first kappa shape index (κ1) is 25.7. The number of carbonyl (C=O) groups excluding carboxylic acids is 2. The molecule has 11 heteroatoms. The third kappa shape index (κ3) is 4.84. The zero-order valence-electron chi connectivity index (χ0n) is 20.6. The summed E-state index contributed by atoms with van der Waals surface area (Å²) in [6, 6.07) is 4.34. The van der Waals surface area contributed by atoms with Gasteiger partial charge in [0.15, 0.2) is 0 Å². The first-order chi connectivity index (χ1) is 16.9. The molecule has 36 heavy (non-hydrogen) atoms. The van der Waals surface area contributed by atoms with Crippen LogP contribution in [-0.2, 0) is 20.8 Å². The predicted molar refractivity (Wildman–Crippen MR) is 131 cm³/mol. The Balaban J connectivity index is 1.65. The Morgan fingerprint density at radius 3 is 2.31 bits per heavy atom. The average Bonchev–Trinajstić information content (AvgIpc) is 2.74. The molecule has 0 bridgehead atoms. The molecule has 0 saturated heterocycles. The summed E-state index contributed by atoms with van der Waals surface area (Å²) in [5, 5.41) is 11.8. The molecule has 0 radical (unpaired) electrons. The van der Waals surface area contributed by atoms with Crippen LogP contribution in [0.25, 0.3) is 0 Å². The van der Waals surface area contributed by atoms with Gasteiger partial charge in [-0.1, -0.05) is 19.6 Å². The third-order valence-corrected chi connectivity index (χ3v) is 8.79. The molecule has 1 aromatic heterocycles. The molecule has 1 fully saturated rings. The smallest absolute Gasteiger partial charge is 0.306 e. The van der Waals surface area contributed by atoms with Gasteiger partial charge in [0.05, 0.1) is 26.8 Å². The Morgan fingerprint density at radius 2 is 1.75 bits per heavy atom. The largest absolute Gasteiger partial charge is 0.481 e. The first-order valence-electron chi connectivity index (χ1n) is 11.8. The van der Waals surface area contributed by atoms with E-state index >= 15 is 0 Å². The molecule has 2 N–H and O–H groups in total. The molecule has 1 unspecified atom stereocenters. The molecule has 1 aromatic carbocycles. The van der Waals surface area contributed by atoms with Crippen LogP contribution >= 0.6 is 0 Å². The Bertz CT molecular complexity index is 1200. The number of nitrogens with zero attached hydrogens (tertiary/aromatic N) is 2. The molecular weight excluding hydrogens is 488 g/mol. The summed E-state index contributed by atoms with van der Waals surface area (Å²) < 4.78 is 34.8. The van der Waals surface area contributed by atoms with E-state index in [2.05, 4.69) is 10.3 Å².